The van der Waals surface area contributed by atoms with E-state index in [1.54, 1.807) is 25.1 Å². The number of carbonyl (C=O) groups excluding carboxylic acids is 1. The Kier molecular flexibility index (Phi) is 7.47. The van der Waals surface area contributed by atoms with Crippen molar-refractivity contribution in [1.29, 1.82) is 0 Å². The smallest absolute Gasteiger partial charge is 0.416 e. The molecule has 0 saturated carbocycles. The first kappa shape index (κ1) is 24.0. The van der Waals surface area contributed by atoms with Crippen LogP contribution >= 0.6 is 0 Å². The molecule has 2 aromatic carbocycles. The molecule has 0 aliphatic heterocycles. The number of nitrogens with one attached hydrogen (secondary N) is 1. The number of carbonyl (C=O) groups is 1. The maximum absolute atomic E-state index is 12.6. The lowest BCUT2D eigenvalue weighted by Gasteiger charge is -2.13. The second kappa shape index (κ2) is 10.3. The maximum atomic E-state index is 12.6. The molecule has 10 heteroatoms. The largest absolute Gasteiger partial charge is 0.493 e. The first-order chi connectivity index (χ1) is 15.7. The number of methoxy groups -OCH3 is 1. The molecule has 0 bridgehead atoms. The molecule has 0 atom stereocenters. The number of aryl methyl sites for hydroxylation is 2. The van der Waals surface area contributed by atoms with Gasteiger partial charge in [-0.1, -0.05) is 5.16 Å². The van der Waals surface area contributed by atoms with Crippen LogP contribution in [0.3, 0.4) is 0 Å². The normalized spacial score (nSPS) is 11.2. The SMILES string of the molecule is COc1cc(C(=O)NCCOc2ccc(C(F)(F)F)cc2)ccc1OCc1c(C)noc1C. The minimum Gasteiger partial charge on any atom is -0.493 e. The van der Waals surface area contributed by atoms with Crippen LogP contribution in [-0.4, -0.2) is 31.3 Å². The van der Waals surface area contributed by atoms with Crippen LogP contribution in [0.15, 0.2) is 47.0 Å². The Morgan fingerprint density at radius 1 is 1.06 bits per heavy atom. The van der Waals surface area contributed by atoms with Crippen LogP contribution in [0, 0.1) is 13.8 Å². The molecule has 0 aliphatic carbocycles. The van der Waals surface area contributed by atoms with Gasteiger partial charge >= 0.3 is 6.18 Å². The molecule has 7 nitrogen and oxygen atoms in total. The summed E-state index contributed by atoms with van der Waals surface area (Å²) < 4.78 is 59.4. The second-order valence-corrected chi connectivity index (χ2v) is 7.08. The number of halogens is 3. The van der Waals surface area contributed by atoms with Crippen LogP contribution in [0.4, 0.5) is 13.2 Å². The van der Waals surface area contributed by atoms with Crippen molar-refractivity contribution in [1.82, 2.24) is 10.5 Å². The highest BCUT2D eigenvalue weighted by Gasteiger charge is 2.30. The van der Waals surface area contributed by atoms with Gasteiger partial charge in [-0.3, -0.25) is 4.79 Å². The molecular weight excluding hydrogens is 441 g/mol. The van der Waals surface area contributed by atoms with Crippen LogP contribution in [0.5, 0.6) is 17.2 Å². The first-order valence-corrected chi connectivity index (χ1v) is 10.00. The lowest BCUT2D eigenvalue weighted by Crippen LogP contribution is -2.28. The quantitative estimate of drug-likeness (QED) is 0.462. The summed E-state index contributed by atoms with van der Waals surface area (Å²) >= 11 is 0. The van der Waals surface area contributed by atoms with Crippen LogP contribution in [-0.2, 0) is 12.8 Å². The molecule has 33 heavy (non-hydrogen) atoms. The Morgan fingerprint density at radius 2 is 1.79 bits per heavy atom. The summed E-state index contributed by atoms with van der Waals surface area (Å²) in [7, 11) is 1.47. The predicted octanol–water partition coefficient (Wildman–Crippen LogP) is 4.71. The second-order valence-electron chi connectivity index (χ2n) is 7.08. The molecule has 3 rings (SSSR count). The van der Waals surface area contributed by atoms with Crippen molar-refractivity contribution in [2.75, 3.05) is 20.3 Å². The van der Waals surface area contributed by atoms with Gasteiger partial charge in [-0.15, -0.1) is 0 Å². The fraction of sp³-hybridized carbons (Fsp3) is 0.304. The van der Waals surface area contributed by atoms with Crippen LogP contribution in [0.2, 0.25) is 0 Å². The monoisotopic (exact) mass is 464 g/mol. The molecule has 0 spiro atoms. The van der Waals surface area contributed by atoms with Crippen molar-refractivity contribution >= 4 is 5.91 Å². The third kappa shape index (κ3) is 6.18. The van der Waals surface area contributed by atoms with Crippen LogP contribution in [0.1, 0.15) is 32.9 Å². The third-order valence-electron chi connectivity index (χ3n) is 4.82. The molecule has 0 aliphatic rings. The van der Waals surface area contributed by atoms with Gasteiger partial charge in [-0.05, 0) is 56.3 Å². The predicted molar refractivity (Wildman–Crippen MR) is 113 cm³/mol. The van der Waals surface area contributed by atoms with Crippen molar-refractivity contribution in [2.45, 2.75) is 26.6 Å². The van der Waals surface area contributed by atoms with Gasteiger partial charge in [0.15, 0.2) is 11.5 Å². The van der Waals surface area contributed by atoms with Gasteiger partial charge in [0.05, 0.1) is 30.5 Å². The fourth-order valence-electron chi connectivity index (χ4n) is 2.96. The molecule has 1 N–H and O–H groups in total. The van der Waals surface area contributed by atoms with Gasteiger partial charge in [0.25, 0.3) is 5.91 Å². The van der Waals surface area contributed by atoms with Gasteiger partial charge in [0.2, 0.25) is 0 Å². The van der Waals surface area contributed by atoms with Crippen molar-refractivity contribution in [3.63, 3.8) is 0 Å². The summed E-state index contributed by atoms with van der Waals surface area (Å²) in [6.07, 6.45) is -4.40. The van der Waals surface area contributed by atoms with Gasteiger partial charge in [-0.2, -0.15) is 13.2 Å². The van der Waals surface area contributed by atoms with Crippen molar-refractivity contribution in [3.8, 4) is 17.2 Å². The van der Waals surface area contributed by atoms with E-state index in [1.807, 2.05) is 6.92 Å². The molecular formula is C23H23F3N2O5. The third-order valence-corrected chi connectivity index (χ3v) is 4.82. The Bertz CT molecular complexity index is 1070. The van der Waals surface area contributed by atoms with E-state index in [0.717, 1.165) is 23.4 Å². The minimum atomic E-state index is -4.40. The minimum absolute atomic E-state index is 0.0902. The summed E-state index contributed by atoms with van der Waals surface area (Å²) in [6.45, 7) is 4.11. The van der Waals surface area contributed by atoms with E-state index in [0.29, 0.717) is 22.8 Å². The summed E-state index contributed by atoms with van der Waals surface area (Å²) in [5, 5.41) is 6.57. The van der Waals surface area contributed by atoms with Crippen molar-refractivity contribution < 1.29 is 36.7 Å². The summed E-state index contributed by atoms with van der Waals surface area (Å²) in [5.41, 5.74) is 1.18. The van der Waals surface area contributed by atoms with E-state index in [-0.39, 0.29) is 31.4 Å². The number of hydrogen-bond acceptors (Lipinski definition) is 6. The van der Waals surface area contributed by atoms with E-state index < -0.39 is 11.7 Å². The molecule has 0 saturated heterocycles. The lowest BCUT2D eigenvalue weighted by atomic mass is 10.2. The Labute approximate surface area is 188 Å². The Balaban J connectivity index is 1.51. The molecule has 0 fully saturated rings. The number of amides is 1. The number of nitrogens with zero attached hydrogens (tertiary/aromatic N) is 1. The molecule has 176 valence electrons. The summed E-state index contributed by atoms with van der Waals surface area (Å²) in [4.78, 5) is 12.4. The topological polar surface area (TPSA) is 82.8 Å². The van der Waals surface area contributed by atoms with Gasteiger partial charge in [0.1, 0.15) is 24.7 Å². The number of hydrogen-bond donors (Lipinski definition) is 1. The number of ether oxygens (including phenoxy) is 3. The lowest BCUT2D eigenvalue weighted by molar-refractivity contribution is -0.137. The van der Waals surface area contributed by atoms with Crippen molar-refractivity contribution in [3.05, 3.63) is 70.6 Å². The Morgan fingerprint density at radius 3 is 2.39 bits per heavy atom. The van der Waals surface area contributed by atoms with E-state index in [4.69, 9.17) is 18.7 Å². The van der Waals surface area contributed by atoms with E-state index in [2.05, 4.69) is 10.5 Å². The highest BCUT2D eigenvalue weighted by molar-refractivity contribution is 5.94. The van der Waals surface area contributed by atoms with Crippen LogP contribution in [0.25, 0.3) is 0 Å². The van der Waals surface area contributed by atoms with E-state index in [1.165, 1.54) is 19.2 Å². The molecule has 1 heterocycles. The fourth-order valence-corrected chi connectivity index (χ4v) is 2.96. The highest BCUT2D eigenvalue weighted by atomic mass is 19.4. The van der Waals surface area contributed by atoms with Crippen molar-refractivity contribution in [2.24, 2.45) is 0 Å². The zero-order chi connectivity index (χ0) is 24.0. The van der Waals surface area contributed by atoms with E-state index in [9.17, 15) is 18.0 Å². The Hall–Kier alpha value is -3.69. The molecule has 0 radical (unpaired) electrons. The summed E-state index contributed by atoms with van der Waals surface area (Å²) in [5.74, 6) is 1.43. The molecule has 0 unspecified atom stereocenters. The number of benzene rings is 2. The first-order valence-electron chi connectivity index (χ1n) is 10.00. The molecule has 1 aromatic heterocycles. The standard InChI is InChI=1S/C23H23F3N2O5/c1-14-19(15(2)33-28-14)13-32-20-9-4-16(12-21(20)30-3)22(29)27-10-11-31-18-7-5-17(6-8-18)23(24,25)26/h4-9,12H,10-11,13H2,1-3H3,(H,27,29). The average Bonchev–Trinajstić information content (AvgIpc) is 3.11. The number of rotatable bonds is 9. The number of alkyl halides is 3. The summed E-state index contributed by atoms with van der Waals surface area (Å²) in [6, 6.07) is 9.12. The van der Waals surface area contributed by atoms with Gasteiger partial charge < -0.3 is 24.1 Å². The zero-order valence-corrected chi connectivity index (χ0v) is 18.3. The molecule has 3 aromatic rings. The van der Waals surface area contributed by atoms with Gasteiger partial charge in [0, 0.05) is 5.56 Å². The maximum Gasteiger partial charge on any atom is 0.416 e. The highest BCUT2D eigenvalue weighted by Crippen LogP contribution is 2.31. The van der Waals surface area contributed by atoms with E-state index >= 15 is 0 Å². The molecule has 1 amide bonds. The van der Waals surface area contributed by atoms with Crippen LogP contribution < -0.4 is 19.5 Å². The van der Waals surface area contributed by atoms with Gasteiger partial charge in [-0.25, -0.2) is 0 Å². The number of aromatic nitrogens is 1. The zero-order valence-electron chi connectivity index (χ0n) is 18.3. The average molecular weight is 464 g/mol.